The summed E-state index contributed by atoms with van der Waals surface area (Å²) >= 11 is 4.65. The molecule has 1 aromatic carbocycles. The molecule has 0 aliphatic carbocycles. The molecule has 114 valence electrons. The van der Waals surface area contributed by atoms with Crippen molar-refractivity contribution in [2.75, 3.05) is 0 Å². The van der Waals surface area contributed by atoms with Gasteiger partial charge in [0.05, 0.1) is 15.0 Å². The number of rotatable bonds is 2. The van der Waals surface area contributed by atoms with Crippen molar-refractivity contribution < 1.29 is 4.39 Å². The van der Waals surface area contributed by atoms with E-state index in [4.69, 9.17) is 0 Å². The number of hydrogen-bond acceptors (Lipinski definition) is 3. The maximum atomic E-state index is 14.4. The monoisotopic (exact) mass is 388 g/mol. The predicted molar refractivity (Wildman–Crippen MR) is 92.9 cm³/mol. The van der Waals surface area contributed by atoms with Crippen LogP contribution in [0.15, 0.2) is 45.7 Å². The van der Waals surface area contributed by atoms with Gasteiger partial charge in [0.25, 0.3) is 5.56 Å². The largest absolute Gasteiger partial charge is 0.320 e. The Morgan fingerprint density at radius 2 is 2.04 bits per heavy atom. The van der Waals surface area contributed by atoms with Crippen LogP contribution in [0.2, 0.25) is 0 Å². The number of nitrogens with one attached hydrogen (secondary N) is 1. The fraction of sp³-hybridized carbons (Fsp3) is 0.0588. The van der Waals surface area contributed by atoms with E-state index >= 15 is 0 Å². The molecule has 0 amide bonds. The second-order valence-electron chi connectivity index (χ2n) is 4.92. The molecule has 0 aliphatic heterocycles. The standard InChI is InChI=1S/C17H10BrFN2OS/c1-9-5-6-15(23-9)14-7-11(12(8-20)17(22)21-14)10-3-2-4-13(18)16(10)19/h2-7H,1H3,(H,21,22). The summed E-state index contributed by atoms with van der Waals surface area (Å²) in [6.07, 6.45) is 0. The van der Waals surface area contributed by atoms with Gasteiger partial charge in [-0.1, -0.05) is 12.1 Å². The summed E-state index contributed by atoms with van der Waals surface area (Å²) in [7, 11) is 0. The lowest BCUT2D eigenvalue weighted by Gasteiger charge is -2.08. The van der Waals surface area contributed by atoms with Crippen LogP contribution in [0.25, 0.3) is 21.7 Å². The van der Waals surface area contributed by atoms with E-state index in [0.717, 1.165) is 9.75 Å². The van der Waals surface area contributed by atoms with E-state index in [9.17, 15) is 14.4 Å². The van der Waals surface area contributed by atoms with Crippen LogP contribution < -0.4 is 5.56 Å². The minimum absolute atomic E-state index is 0.0981. The van der Waals surface area contributed by atoms with Crippen molar-refractivity contribution in [2.45, 2.75) is 6.92 Å². The predicted octanol–water partition coefficient (Wildman–Crippen LogP) is 4.85. The molecule has 0 radical (unpaired) electrons. The molecular weight excluding hydrogens is 379 g/mol. The van der Waals surface area contributed by atoms with Crippen molar-refractivity contribution in [1.82, 2.24) is 4.98 Å². The van der Waals surface area contributed by atoms with Gasteiger partial charge in [-0.3, -0.25) is 4.79 Å². The molecule has 3 aromatic rings. The number of H-pyrrole nitrogens is 1. The summed E-state index contributed by atoms with van der Waals surface area (Å²) in [6.45, 7) is 1.96. The zero-order chi connectivity index (χ0) is 16.6. The van der Waals surface area contributed by atoms with E-state index in [2.05, 4.69) is 20.9 Å². The fourth-order valence-corrected chi connectivity index (χ4v) is 3.51. The van der Waals surface area contributed by atoms with Crippen LogP contribution in [0.4, 0.5) is 4.39 Å². The molecule has 3 nitrogen and oxygen atoms in total. The number of pyridine rings is 1. The molecule has 1 N–H and O–H groups in total. The molecule has 2 aromatic heterocycles. The highest BCUT2D eigenvalue weighted by molar-refractivity contribution is 9.10. The molecule has 0 atom stereocenters. The van der Waals surface area contributed by atoms with Crippen LogP contribution in [-0.4, -0.2) is 4.98 Å². The Balaban J connectivity index is 2.31. The molecule has 0 saturated carbocycles. The molecule has 0 unspecified atom stereocenters. The SMILES string of the molecule is Cc1ccc(-c2cc(-c3cccc(Br)c3F)c(C#N)c(=O)[nH]2)s1. The number of aromatic amines is 1. The molecule has 3 rings (SSSR count). The van der Waals surface area contributed by atoms with Crippen molar-refractivity contribution in [3.05, 3.63) is 67.5 Å². The van der Waals surface area contributed by atoms with Crippen LogP contribution >= 0.6 is 27.3 Å². The third-order valence-corrected chi connectivity index (χ3v) is 5.04. The molecule has 0 spiro atoms. The Morgan fingerprint density at radius 1 is 1.26 bits per heavy atom. The Hall–Kier alpha value is -2.23. The lowest BCUT2D eigenvalue weighted by Crippen LogP contribution is -2.12. The number of hydrogen-bond donors (Lipinski definition) is 1. The normalized spacial score (nSPS) is 10.5. The summed E-state index contributed by atoms with van der Waals surface area (Å²) in [6, 6.07) is 12.1. The highest BCUT2D eigenvalue weighted by atomic mass is 79.9. The average molecular weight is 389 g/mol. The lowest BCUT2D eigenvalue weighted by molar-refractivity contribution is 0.624. The van der Waals surface area contributed by atoms with Crippen LogP contribution in [-0.2, 0) is 0 Å². The second kappa shape index (κ2) is 6.11. The quantitative estimate of drug-likeness (QED) is 0.681. The van der Waals surface area contributed by atoms with E-state index in [-0.39, 0.29) is 21.2 Å². The van der Waals surface area contributed by atoms with Gasteiger partial charge in [-0.2, -0.15) is 5.26 Å². The van der Waals surface area contributed by atoms with Gasteiger partial charge < -0.3 is 4.98 Å². The van der Waals surface area contributed by atoms with Gasteiger partial charge in [0.15, 0.2) is 0 Å². The van der Waals surface area contributed by atoms with E-state index in [1.807, 2.05) is 25.1 Å². The molecule has 6 heteroatoms. The smallest absolute Gasteiger partial charge is 0.266 e. The van der Waals surface area contributed by atoms with Crippen molar-refractivity contribution in [3.63, 3.8) is 0 Å². The number of nitriles is 1. The lowest BCUT2D eigenvalue weighted by atomic mass is 10.00. The van der Waals surface area contributed by atoms with Crippen LogP contribution in [0.1, 0.15) is 10.4 Å². The minimum Gasteiger partial charge on any atom is -0.320 e. The first-order chi connectivity index (χ1) is 11.0. The highest BCUT2D eigenvalue weighted by Gasteiger charge is 2.17. The summed E-state index contributed by atoms with van der Waals surface area (Å²) in [4.78, 5) is 16.9. The summed E-state index contributed by atoms with van der Waals surface area (Å²) in [5.74, 6) is -0.497. The third-order valence-electron chi connectivity index (χ3n) is 3.39. The molecule has 0 bridgehead atoms. The van der Waals surface area contributed by atoms with Crippen molar-refractivity contribution in [2.24, 2.45) is 0 Å². The Labute approximate surface area is 144 Å². The van der Waals surface area contributed by atoms with Gasteiger partial charge in [-0.25, -0.2) is 4.39 Å². The first-order valence-electron chi connectivity index (χ1n) is 6.70. The van der Waals surface area contributed by atoms with E-state index in [1.165, 1.54) is 11.3 Å². The van der Waals surface area contributed by atoms with Crippen LogP contribution in [0, 0.1) is 24.1 Å². The van der Waals surface area contributed by atoms with Crippen molar-refractivity contribution >= 4 is 27.3 Å². The topological polar surface area (TPSA) is 56.6 Å². The summed E-state index contributed by atoms with van der Waals surface area (Å²) in [5.41, 5.74) is 0.457. The molecule has 0 fully saturated rings. The van der Waals surface area contributed by atoms with E-state index in [0.29, 0.717) is 5.69 Å². The molecule has 0 aliphatic rings. The third kappa shape index (κ3) is 2.85. The van der Waals surface area contributed by atoms with Gasteiger partial charge in [-0.15, -0.1) is 11.3 Å². The van der Waals surface area contributed by atoms with Crippen LogP contribution in [0.3, 0.4) is 0 Å². The Bertz CT molecular complexity index is 1000. The molecule has 23 heavy (non-hydrogen) atoms. The van der Waals surface area contributed by atoms with Gasteiger partial charge in [-0.05, 0) is 47.1 Å². The number of thiophene rings is 1. The Kier molecular flexibility index (Phi) is 4.16. The summed E-state index contributed by atoms with van der Waals surface area (Å²) in [5, 5.41) is 9.28. The molecule has 2 heterocycles. The Morgan fingerprint density at radius 3 is 2.70 bits per heavy atom. The molecule has 0 saturated heterocycles. The van der Waals surface area contributed by atoms with Crippen molar-refractivity contribution in [3.8, 4) is 27.8 Å². The zero-order valence-electron chi connectivity index (χ0n) is 12.0. The number of aromatic nitrogens is 1. The van der Waals surface area contributed by atoms with E-state index in [1.54, 1.807) is 24.3 Å². The van der Waals surface area contributed by atoms with E-state index < -0.39 is 11.4 Å². The van der Waals surface area contributed by atoms with Gasteiger partial charge in [0.2, 0.25) is 0 Å². The van der Waals surface area contributed by atoms with Gasteiger partial charge in [0, 0.05) is 16.0 Å². The minimum atomic E-state index is -0.523. The maximum absolute atomic E-state index is 14.4. The number of nitrogens with zero attached hydrogens (tertiary/aromatic N) is 1. The first-order valence-corrected chi connectivity index (χ1v) is 8.31. The maximum Gasteiger partial charge on any atom is 0.266 e. The average Bonchev–Trinajstić information content (AvgIpc) is 2.96. The van der Waals surface area contributed by atoms with Gasteiger partial charge in [0.1, 0.15) is 17.4 Å². The molecular formula is C17H10BrFN2OS. The van der Waals surface area contributed by atoms with Crippen molar-refractivity contribution in [1.29, 1.82) is 5.26 Å². The zero-order valence-corrected chi connectivity index (χ0v) is 14.4. The number of halogens is 2. The number of aryl methyl sites for hydroxylation is 1. The number of benzene rings is 1. The van der Waals surface area contributed by atoms with Crippen LogP contribution in [0.5, 0.6) is 0 Å². The fourth-order valence-electron chi connectivity index (χ4n) is 2.31. The second-order valence-corrected chi connectivity index (χ2v) is 7.07. The summed E-state index contributed by atoms with van der Waals surface area (Å²) < 4.78 is 14.7. The first kappa shape index (κ1) is 15.7. The highest BCUT2D eigenvalue weighted by Crippen LogP contribution is 2.33. The van der Waals surface area contributed by atoms with Gasteiger partial charge >= 0.3 is 0 Å².